The van der Waals surface area contributed by atoms with Gasteiger partial charge in [0, 0.05) is 31.5 Å². The van der Waals surface area contributed by atoms with Gasteiger partial charge in [-0.25, -0.2) is 17.2 Å². The van der Waals surface area contributed by atoms with Gasteiger partial charge in [0.2, 0.25) is 27.6 Å². The van der Waals surface area contributed by atoms with E-state index in [0.29, 0.717) is 12.8 Å². The summed E-state index contributed by atoms with van der Waals surface area (Å²) in [6.45, 7) is -2.25. The number of aliphatic carboxylic acids is 1. The van der Waals surface area contributed by atoms with Crippen LogP contribution in [-0.4, -0.2) is 84.2 Å². The van der Waals surface area contributed by atoms with Gasteiger partial charge in [-0.2, -0.15) is 13.1 Å². The van der Waals surface area contributed by atoms with Crippen molar-refractivity contribution in [2.45, 2.75) is 50.2 Å². The quantitative estimate of drug-likeness (QED) is 0.293. The molecule has 1 aliphatic carbocycles. The number of carbonyl (C=O) groups is 4. The van der Waals surface area contributed by atoms with Crippen molar-refractivity contribution in [1.82, 2.24) is 9.21 Å². The number of piperazine rings is 1. The summed E-state index contributed by atoms with van der Waals surface area (Å²) in [5.41, 5.74) is 0. The van der Waals surface area contributed by atoms with Crippen LogP contribution in [0.1, 0.15) is 44.9 Å². The van der Waals surface area contributed by atoms with E-state index in [0.717, 1.165) is 28.5 Å². The second kappa shape index (κ2) is 12.9. The number of benzene rings is 1. The minimum absolute atomic E-state index is 0.0233. The van der Waals surface area contributed by atoms with Crippen LogP contribution in [0.4, 0.5) is 17.6 Å². The second-order valence-corrected chi connectivity index (χ2v) is 11.8. The molecule has 1 saturated heterocycles. The average Bonchev–Trinajstić information content (AvgIpc) is 2.88. The van der Waals surface area contributed by atoms with Gasteiger partial charge >= 0.3 is 5.97 Å². The smallest absolute Gasteiger partial charge is 0.304 e. The summed E-state index contributed by atoms with van der Waals surface area (Å²) in [5, 5.41) is 8.57. The fourth-order valence-electron chi connectivity index (χ4n) is 4.65. The monoisotopic (exact) mass is 580 g/mol. The minimum Gasteiger partial charge on any atom is -0.481 e. The van der Waals surface area contributed by atoms with Crippen LogP contribution in [-0.2, 0) is 29.2 Å². The Bertz CT molecular complexity index is 1210. The lowest BCUT2D eigenvalue weighted by atomic mass is 9.94. The van der Waals surface area contributed by atoms with Crippen molar-refractivity contribution in [3.8, 4) is 5.75 Å². The van der Waals surface area contributed by atoms with Crippen LogP contribution >= 0.6 is 0 Å². The van der Waals surface area contributed by atoms with E-state index in [2.05, 4.69) is 4.74 Å². The predicted molar refractivity (Wildman–Crippen MR) is 126 cm³/mol. The molecule has 1 heterocycles. The molecule has 1 aromatic carbocycles. The Morgan fingerprint density at radius 3 is 2.18 bits per heavy atom. The van der Waals surface area contributed by atoms with E-state index in [4.69, 9.17) is 5.11 Å². The molecule has 15 heteroatoms. The van der Waals surface area contributed by atoms with Crippen molar-refractivity contribution >= 4 is 33.5 Å². The number of carbonyl (C=O) groups excluding carboxylic acids is 3. The molecular formula is C24H28F4N2O8S. The fraction of sp³-hybridized carbons (Fsp3) is 0.583. The van der Waals surface area contributed by atoms with Crippen molar-refractivity contribution < 1.29 is 55.0 Å². The molecule has 39 heavy (non-hydrogen) atoms. The summed E-state index contributed by atoms with van der Waals surface area (Å²) in [4.78, 5) is 50.1. The molecule has 2 aliphatic rings. The molecule has 1 atom stereocenters. The van der Waals surface area contributed by atoms with Gasteiger partial charge in [-0.05, 0) is 12.8 Å². The van der Waals surface area contributed by atoms with Crippen molar-refractivity contribution in [2.75, 3.05) is 32.8 Å². The van der Waals surface area contributed by atoms with E-state index in [1.807, 2.05) is 0 Å². The van der Waals surface area contributed by atoms with Gasteiger partial charge in [0.05, 0.1) is 24.8 Å². The van der Waals surface area contributed by atoms with Gasteiger partial charge in [-0.3, -0.25) is 19.2 Å². The minimum atomic E-state index is -3.68. The van der Waals surface area contributed by atoms with Crippen LogP contribution in [0.5, 0.6) is 5.75 Å². The van der Waals surface area contributed by atoms with Crippen molar-refractivity contribution in [3.63, 3.8) is 0 Å². The zero-order valence-electron chi connectivity index (χ0n) is 20.8. The third-order valence-electron chi connectivity index (χ3n) is 6.76. The molecule has 1 aromatic rings. The lowest BCUT2D eigenvalue weighted by Crippen LogP contribution is -2.55. The van der Waals surface area contributed by atoms with Crippen LogP contribution in [0.3, 0.4) is 0 Å². The highest BCUT2D eigenvalue weighted by molar-refractivity contribution is 7.89. The molecule has 1 amide bonds. The molecule has 0 unspecified atom stereocenters. The molecule has 0 bridgehead atoms. The van der Waals surface area contributed by atoms with Gasteiger partial charge < -0.3 is 14.7 Å². The molecular weight excluding hydrogens is 552 g/mol. The van der Waals surface area contributed by atoms with E-state index < -0.39 is 106 Å². The number of rotatable bonds is 12. The molecule has 1 saturated carbocycles. The van der Waals surface area contributed by atoms with Crippen LogP contribution in [0.25, 0.3) is 0 Å². The van der Waals surface area contributed by atoms with Gasteiger partial charge in [-0.1, -0.05) is 19.3 Å². The number of sulfonamides is 1. The molecule has 0 aromatic heterocycles. The lowest BCUT2D eigenvalue weighted by molar-refractivity contribution is -0.143. The zero-order chi connectivity index (χ0) is 28.9. The maximum atomic E-state index is 13.8. The maximum Gasteiger partial charge on any atom is 0.304 e. The number of amides is 1. The highest BCUT2D eigenvalue weighted by Gasteiger charge is 2.38. The number of ketones is 2. The molecule has 0 spiro atoms. The van der Waals surface area contributed by atoms with Gasteiger partial charge in [0.1, 0.15) is 6.61 Å². The van der Waals surface area contributed by atoms with Gasteiger partial charge in [-0.15, -0.1) is 0 Å². The number of carboxylic acids is 1. The molecule has 1 N–H and O–H groups in total. The van der Waals surface area contributed by atoms with Crippen molar-refractivity contribution in [1.29, 1.82) is 0 Å². The number of hydrogen-bond acceptors (Lipinski definition) is 7. The first-order valence-corrected chi connectivity index (χ1v) is 13.8. The van der Waals surface area contributed by atoms with Gasteiger partial charge in [0.15, 0.2) is 29.0 Å². The predicted octanol–water partition coefficient (Wildman–Crippen LogP) is 2.05. The molecule has 10 nitrogen and oxygen atoms in total. The summed E-state index contributed by atoms with van der Waals surface area (Å²) >= 11 is 0. The third-order valence-corrected chi connectivity index (χ3v) is 9.11. The first-order valence-electron chi connectivity index (χ1n) is 12.3. The summed E-state index contributed by atoms with van der Waals surface area (Å²) in [5.74, 6) is -14.3. The SMILES string of the molecule is O=C(O)C[C@H](CC(=O)CN1CCN(S(=O)(=O)C2CCCCC2)CC1=O)C(=O)COc1c(F)c(F)cc(F)c1F. The van der Waals surface area contributed by atoms with Crippen molar-refractivity contribution in [2.24, 2.45) is 5.92 Å². The highest BCUT2D eigenvalue weighted by atomic mass is 32.2. The average molecular weight is 581 g/mol. The molecule has 3 rings (SSSR count). The molecule has 0 radical (unpaired) electrons. The Balaban J connectivity index is 1.59. The molecule has 2 fully saturated rings. The van der Waals surface area contributed by atoms with E-state index in [-0.39, 0.29) is 19.2 Å². The number of Topliss-reactive ketones (excluding diaryl/α,β-unsaturated/α-hetero) is 2. The van der Waals surface area contributed by atoms with Gasteiger partial charge in [0.25, 0.3) is 0 Å². The Kier molecular flexibility index (Phi) is 10.0. The fourth-order valence-corrected chi connectivity index (χ4v) is 6.62. The van der Waals surface area contributed by atoms with E-state index in [1.165, 1.54) is 0 Å². The number of ether oxygens (including phenoxy) is 1. The summed E-state index contributed by atoms with van der Waals surface area (Å²) in [6.07, 6.45) is 2.03. The lowest BCUT2D eigenvalue weighted by Gasteiger charge is -2.36. The number of hydrogen-bond donors (Lipinski definition) is 1. The molecule has 216 valence electrons. The number of halogens is 4. The number of nitrogens with zero attached hydrogens (tertiary/aromatic N) is 2. The van der Waals surface area contributed by atoms with Crippen LogP contribution in [0, 0.1) is 29.2 Å². The standard InChI is InChI=1S/C24H28F4N2O8S/c25-17-10-18(26)23(28)24(22(17)27)38-13-19(32)14(9-21(34)35)8-15(31)11-29-6-7-30(12-20(29)33)39(36,37)16-4-2-1-3-5-16/h10,14,16H,1-9,11-13H2,(H,34,35)/t14-/m0/s1. The largest absolute Gasteiger partial charge is 0.481 e. The Morgan fingerprint density at radius 1 is 1.00 bits per heavy atom. The van der Waals surface area contributed by atoms with E-state index >= 15 is 0 Å². The van der Waals surface area contributed by atoms with E-state index in [9.17, 15) is 45.2 Å². The summed E-state index contributed by atoms with van der Waals surface area (Å²) in [7, 11) is -3.68. The van der Waals surface area contributed by atoms with Crippen LogP contribution in [0.2, 0.25) is 0 Å². The van der Waals surface area contributed by atoms with Crippen LogP contribution in [0.15, 0.2) is 6.07 Å². The zero-order valence-corrected chi connectivity index (χ0v) is 21.7. The van der Waals surface area contributed by atoms with E-state index in [1.54, 1.807) is 0 Å². The second-order valence-electron chi connectivity index (χ2n) is 9.54. The van der Waals surface area contributed by atoms with Crippen LogP contribution < -0.4 is 4.74 Å². The molecule has 1 aliphatic heterocycles. The van der Waals surface area contributed by atoms with Crippen molar-refractivity contribution in [3.05, 3.63) is 29.3 Å². The topological polar surface area (TPSA) is 138 Å². The maximum absolute atomic E-state index is 13.8. The Labute approximate surface area is 221 Å². The number of carboxylic acid groups (broad SMARTS) is 1. The highest BCUT2D eigenvalue weighted by Crippen LogP contribution is 2.28. The first-order chi connectivity index (χ1) is 18.3. The summed E-state index contributed by atoms with van der Waals surface area (Å²) in [6, 6.07) is -0.0578. The Hall–Kier alpha value is -3.07. The third kappa shape index (κ3) is 7.53. The normalized spacial score (nSPS) is 18.2. The summed E-state index contributed by atoms with van der Waals surface area (Å²) < 4.78 is 85.7. The first kappa shape index (κ1) is 30.5. The Morgan fingerprint density at radius 2 is 1.62 bits per heavy atom.